The normalized spacial score (nSPS) is 11.9. The maximum atomic E-state index is 6.02. The van der Waals surface area contributed by atoms with Gasteiger partial charge < -0.3 is 10.6 Å². The molecule has 0 spiro atoms. The highest BCUT2D eigenvalue weighted by Crippen LogP contribution is 2.20. The summed E-state index contributed by atoms with van der Waals surface area (Å²) in [6.07, 6.45) is 2.24. The molecular formula is C12H17ClN2S. The Hall–Kier alpha value is -0.800. The van der Waals surface area contributed by atoms with Crippen LogP contribution in [0.15, 0.2) is 24.3 Å². The molecule has 1 aromatic rings. The van der Waals surface area contributed by atoms with Gasteiger partial charge in [0.05, 0.1) is 10.7 Å². The van der Waals surface area contributed by atoms with Crippen LogP contribution in [-0.4, -0.2) is 11.2 Å². The molecule has 0 amide bonds. The maximum Gasteiger partial charge on any atom is 0.171 e. The van der Waals surface area contributed by atoms with Crippen LogP contribution in [0, 0.1) is 0 Å². The summed E-state index contributed by atoms with van der Waals surface area (Å²) in [7, 11) is 0. The average Bonchev–Trinajstić information content (AvgIpc) is 2.21. The monoisotopic (exact) mass is 256 g/mol. The van der Waals surface area contributed by atoms with Crippen molar-refractivity contribution in [2.75, 3.05) is 5.32 Å². The fourth-order valence-electron chi connectivity index (χ4n) is 1.45. The maximum absolute atomic E-state index is 6.02. The number of nitrogens with one attached hydrogen (secondary N) is 2. The molecule has 2 nitrogen and oxygen atoms in total. The summed E-state index contributed by atoms with van der Waals surface area (Å²) in [5, 5.41) is 7.60. The van der Waals surface area contributed by atoms with Gasteiger partial charge in [-0.05, 0) is 37.7 Å². The van der Waals surface area contributed by atoms with Crippen molar-refractivity contribution in [1.82, 2.24) is 5.32 Å². The Labute approximate surface area is 107 Å². The predicted octanol–water partition coefficient (Wildman–Crippen LogP) is 3.82. The van der Waals surface area contributed by atoms with E-state index in [1.807, 2.05) is 24.3 Å². The number of thiocarbonyl (C=S) groups is 1. The van der Waals surface area contributed by atoms with E-state index in [2.05, 4.69) is 24.5 Å². The fourth-order valence-corrected chi connectivity index (χ4v) is 1.94. The van der Waals surface area contributed by atoms with E-state index >= 15 is 0 Å². The second-order valence-corrected chi connectivity index (χ2v) is 4.58. The number of anilines is 1. The van der Waals surface area contributed by atoms with E-state index in [0.717, 1.165) is 18.5 Å². The van der Waals surface area contributed by atoms with Crippen LogP contribution in [0.5, 0.6) is 0 Å². The number of halogens is 1. The molecule has 0 heterocycles. The lowest BCUT2D eigenvalue weighted by Crippen LogP contribution is -2.35. The molecule has 16 heavy (non-hydrogen) atoms. The number of para-hydroxylation sites is 1. The molecule has 0 unspecified atom stereocenters. The number of rotatable bonds is 4. The van der Waals surface area contributed by atoms with Crippen molar-refractivity contribution in [2.24, 2.45) is 0 Å². The van der Waals surface area contributed by atoms with Crippen LogP contribution >= 0.6 is 23.8 Å². The number of benzene rings is 1. The third kappa shape index (κ3) is 4.37. The highest BCUT2D eigenvalue weighted by Gasteiger charge is 2.04. The third-order valence-corrected chi connectivity index (χ3v) is 2.77. The summed E-state index contributed by atoms with van der Waals surface area (Å²) in [6, 6.07) is 7.94. The SMILES string of the molecule is CCC[C@H](C)NC(=S)Nc1ccccc1Cl. The molecule has 0 saturated carbocycles. The second-order valence-electron chi connectivity index (χ2n) is 3.77. The summed E-state index contributed by atoms with van der Waals surface area (Å²) in [4.78, 5) is 0. The van der Waals surface area contributed by atoms with Crippen molar-refractivity contribution in [3.8, 4) is 0 Å². The minimum absolute atomic E-state index is 0.382. The summed E-state index contributed by atoms with van der Waals surface area (Å²) < 4.78 is 0. The Bertz CT molecular complexity index is 355. The lowest BCUT2D eigenvalue weighted by atomic mass is 10.2. The van der Waals surface area contributed by atoms with E-state index in [0.29, 0.717) is 16.2 Å². The van der Waals surface area contributed by atoms with Gasteiger partial charge in [-0.3, -0.25) is 0 Å². The molecule has 88 valence electrons. The van der Waals surface area contributed by atoms with Crippen molar-refractivity contribution in [3.05, 3.63) is 29.3 Å². The van der Waals surface area contributed by atoms with Gasteiger partial charge in [-0.25, -0.2) is 0 Å². The molecule has 4 heteroatoms. The van der Waals surface area contributed by atoms with E-state index in [9.17, 15) is 0 Å². The lowest BCUT2D eigenvalue weighted by molar-refractivity contribution is 0.599. The first-order valence-electron chi connectivity index (χ1n) is 5.45. The fraction of sp³-hybridized carbons (Fsp3) is 0.417. The lowest BCUT2D eigenvalue weighted by Gasteiger charge is -2.16. The molecule has 0 radical (unpaired) electrons. The van der Waals surface area contributed by atoms with Crippen molar-refractivity contribution >= 4 is 34.6 Å². The average molecular weight is 257 g/mol. The van der Waals surface area contributed by atoms with Crippen LogP contribution in [-0.2, 0) is 0 Å². The summed E-state index contributed by atoms with van der Waals surface area (Å²) in [5.41, 5.74) is 0.838. The zero-order chi connectivity index (χ0) is 12.0. The molecule has 0 aliphatic rings. The number of hydrogen-bond acceptors (Lipinski definition) is 1. The Morgan fingerprint density at radius 3 is 2.75 bits per heavy atom. The van der Waals surface area contributed by atoms with Crippen molar-refractivity contribution < 1.29 is 0 Å². The first-order chi connectivity index (χ1) is 7.63. The molecule has 1 rings (SSSR count). The van der Waals surface area contributed by atoms with Crippen LogP contribution in [0.25, 0.3) is 0 Å². The van der Waals surface area contributed by atoms with Gasteiger partial charge in [-0.15, -0.1) is 0 Å². The Kier molecular flexibility index (Phi) is 5.56. The topological polar surface area (TPSA) is 24.1 Å². The van der Waals surface area contributed by atoms with Gasteiger partial charge in [0.1, 0.15) is 0 Å². The zero-order valence-electron chi connectivity index (χ0n) is 9.59. The summed E-state index contributed by atoms with van der Waals surface area (Å²) in [6.45, 7) is 4.27. The predicted molar refractivity (Wildman–Crippen MR) is 75.2 cm³/mol. The molecule has 0 aromatic heterocycles. The smallest absolute Gasteiger partial charge is 0.171 e. The largest absolute Gasteiger partial charge is 0.360 e. The molecule has 2 N–H and O–H groups in total. The Balaban J connectivity index is 2.49. The Morgan fingerprint density at radius 1 is 1.44 bits per heavy atom. The van der Waals surface area contributed by atoms with Crippen LogP contribution in [0.4, 0.5) is 5.69 Å². The molecule has 0 saturated heterocycles. The summed E-state index contributed by atoms with van der Waals surface area (Å²) in [5.74, 6) is 0. The van der Waals surface area contributed by atoms with E-state index in [4.69, 9.17) is 23.8 Å². The first-order valence-corrected chi connectivity index (χ1v) is 6.24. The van der Waals surface area contributed by atoms with E-state index in [-0.39, 0.29) is 0 Å². The molecule has 0 fully saturated rings. The molecule has 1 aromatic carbocycles. The van der Waals surface area contributed by atoms with Crippen LogP contribution in [0.2, 0.25) is 5.02 Å². The standard InChI is InChI=1S/C12H17ClN2S/c1-3-6-9(2)14-12(16)15-11-8-5-4-7-10(11)13/h4-5,7-9H,3,6H2,1-2H3,(H2,14,15,16)/t9-/m0/s1. The van der Waals surface area contributed by atoms with Gasteiger partial charge in [-0.2, -0.15) is 0 Å². The molecule has 0 aliphatic heterocycles. The van der Waals surface area contributed by atoms with Crippen molar-refractivity contribution in [3.63, 3.8) is 0 Å². The van der Waals surface area contributed by atoms with Gasteiger partial charge in [0, 0.05) is 6.04 Å². The molecule has 0 aliphatic carbocycles. The Morgan fingerprint density at radius 2 is 2.12 bits per heavy atom. The van der Waals surface area contributed by atoms with Crippen molar-refractivity contribution in [1.29, 1.82) is 0 Å². The summed E-state index contributed by atoms with van der Waals surface area (Å²) >= 11 is 11.2. The molecule has 0 bridgehead atoms. The van der Waals surface area contributed by atoms with Gasteiger partial charge in [0.2, 0.25) is 0 Å². The molecular weight excluding hydrogens is 240 g/mol. The second kappa shape index (κ2) is 6.71. The van der Waals surface area contributed by atoms with Gasteiger partial charge >= 0.3 is 0 Å². The highest BCUT2D eigenvalue weighted by atomic mass is 35.5. The molecule has 1 atom stereocenters. The van der Waals surface area contributed by atoms with Gasteiger partial charge in [0.25, 0.3) is 0 Å². The van der Waals surface area contributed by atoms with Crippen LogP contribution in [0.3, 0.4) is 0 Å². The van der Waals surface area contributed by atoms with Gasteiger partial charge in [0.15, 0.2) is 5.11 Å². The van der Waals surface area contributed by atoms with Crippen LogP contribution in [0.1, 0.15) is 26.7 Å². The minimum atomic E-state index is 0.382. The quantitative estimate of drug-likeness (QED) is 0.801. The van der Waals surface area contributed by atoms with Crippen molar-refractivity contribution in [2.45, 2.75) is 32.7 Å². The number of hydrogen-bond donors (Lipinski definition) is 2. The van der Waals surface area contributed by atoms with E-state index in [1.165, 1.54) is 0 Å². The van der Waals surface area contributed by atoms with E-state index in [1.54, 1.807) is 0 Å². The van der Waals surface area contributed by atoms with Crippen LogP contribution < -0.4 is 10.6 Å². The van der Waals surface area contributed by atoms with Gasteiger partial charge in [-0.1, -0.05) is 37.1 Å². The minimum Gasteiger partial charge on any atom is -0.360 e. The third-order valence-electron chi connectivity index (χ3n) is 2.22. The highest BCUT2D eigenvalue weighted by molar-refractivity contribution is 7.80. The first kappa shape index (κ1) is 13.3. The van der Waals surface area contributed by atoms with E-state index < -0.39 is 0 Å². The zero-order valence-corrected chi connectivity index (χ0v) is 11.2.